The molecule has 3 amide bonds. The van der Waals surface area contributed by atoms with Crippen molar-refractivity contribution < 1.29 is 19.1 Å². The molecule has 1 N–H and O–H groups in total. The molecule has 0 unspecified atom stereocenters. The highest BCUT2D eigenvalue weighted by Crippen LogP contribution is 2.42. The maximum atomic E-state index is 14.0. The third-order valence-corrected chi connectivity index (χ3v) is 7.38. The number of hydrogen-bond acceptors (Lipinski definition) is 4. The van der Waals surface area contributed by atoms with E-state index in [9.17, 15) is 14.4 Å². The second-order valence-corrected chi connectivity index (χ2v) is 9.75. The first-order valence-electron chi connectivity index (χ1n) is 13.1. The molecule has 0 aromatic heterocycles. The van der Waals surface area contributed by atoms with Crippen molar-refractivity contribution in [2.45, 2.75) is 51.5 Å². The van der Waals surface area contributed by atoms with Gasteiger partial charge in [0, 0.05) is 37.3 Å². The number of nitrogens with one attached hydrogen (secondary N) is 1. The molecular weight excluding hydrogens is 454 g/mol. The summed E-state index contributed by atoms with van der Waals surface area (Å²) in [4.78, 5) is 43.8. The molecule has 2 saturated heterocycles. The molecule has 2 aliphatic heterocycles. The van der Waals surface area contributed by atoms with Crippen molar-refractivity contribution in [1.82, 2.24) is 9.80 Å². The Balaban J connectivity index is 1.56. The van der Waals surface area contributed by atoms with Crippen LogP contribution in [0, 0.1) is 11.8 Å². The number of anilines is 1. The minimum atomic E-state index is -0.375. The SMILES string of the molecule is CCCCN1C(=O)CC[C@H](C(=O)N2CCC[C@@H](C(=O)Nc3ccccc3)C2)[C@H]1c1ccccc1OC. The predicted molar refractivity (Wildman–Crippen MR) is 139 cm³/mol. The number of amides is 3. The lowest BCUT2D eigenvalue weighted by atomic mass is 9.82. The van der Waals surface area contributed by atoms with Gasteiger partial charge in [0.2, 0.25) is 17.7 Å². The van der Waals surface area contributed by atoms with Crippen molar-refractivity contribution in [2.24, 2.45) is 11.8 Å². The number of para-hydroxylation sites is 2. The summed E-state index contributed by atoms with van der Waals surface area (Å²) in [5, 5.41) is 2.99. The van der Waals surface area contributed by atoms with Crippen LogP contribution in [0.15, 0.2) is 54.6 Å². The minimum absolute atomic E-state index is 0.0251. The maximum Gasteiger partial charge on any atom is 0.229 e. The van der Waals surface area contributed by atoms with Gasteiger partial charge >= 0.3 is 0 Å². The number of nitrogens with zero attached hydrogens (tertiary/aromatic N) is 2. The Bertz CT molecular complexity index is 1060. The quantitative estimate of drug-likeness (QED) is 0.583. The molecule has 0 aliphatic carbocycles. The molecule has 2 fully saturated rings. The van der Waals surface area contributed by atoms with Crippen molar-refractivity contribution in [3.8, 4) is 5.75 Å². The fraction of sp³-hybridized carbons (Fsp3) is 0.483. The van der Waals surface area contributed by atoms with Gasteiger partial charge in [-0.15, -0.1) is 0 Å². The van der Waals surface area contributed by atoms with Crippen LogP contribution in [-0.2, 0) is 14.4 Å². The molecule has 0 spiro atoms. The summed E-state index contributed by atoms with van der Waals surface area (Å²) in [5.41, 5.74) is 1.64. The molecule has 36 heavy (non-hydrogen) atoms. The standard InChI is InChI=1S/C29H37N3O4/c1-3-4-19-32-26(33)17-16-24(27(32)23-14-8-9-15-25(23)36-2)29(35)31-18-10-11-21(20-31)28(34)30-22-12-6-5-7-13-22/h5-9,12-15,21,24,27H,3-4,10-11,16-20H2,1-2H3,(H,30,34)/t21-,24+,27-/m1/s1. The monoisotopic (exact) mass is 491 g/mol. The van der Waals surface area contributed by atoms with E-state index >= 15 is 0 Å². The Labute approximate surface area is 213 Å². The molecule has 0 radical (unpaired) electrons. The summed E-state index contributed by atoms with van der Waals surface area (Å²) in [7, 11) is 1.62. The summed E-state index contributed by atoms with van der Waals surface area (Å²) >= 11 is 0. The lowest BCUT2D eigenvalue weighted by Gasteiger charge is -2.44. The second-order valence-electron chi connectivity index (χ2n) is 9.75. The van der Waals surface area contributed by atoms with Crippen LogP contribution in [0.4, 0.5) is 5.69 Å². The van der Waals surface area contributed by atoms with Crippen molar-refractivity contribution >= 4 is 23.4 Å². The molecule has 3 atom stereocenters. The average molecular weight is 492 g/mol. The van der Waals surface area contributed by atoms with Gasteiger partial charge in [-0.25, -0.2) is 0 Å². The Morgan fingerprint density at radius 1 is 1.06 bits per heavy atom. The fourth-order valence-corrected chi connectivity index (χ4v) is 5.49. The van der Waals surface area contributed by atoms with Gasteiger partial charge in [-0.05, 0) is 43.9 Å². The van der Waals surface area contributed by atoms with Crippen LogP contribution >= 0.6 is 0 Å². The molecule has 7 nitrogen and oxygen atoms in total. The zero-order chi connectivity index (χ0) is 25.5. The van der Waals surface area contributed by atoms with Gasteiger partial charge in [-0.2, -0.15) is 0 Å². The molecule has 2 aromatic carbocycles. The molecule has 4 rings (SSSR count). The van der Waals surface area contributed by atoms with Gasteiger partial charge in [0.15, 0.2) is 0 Å². The minimum Gasteiger partial charge on any atom is -0.496 e. The number of carbonyl (C=O) groups is 3. The zero-order valence-electron chi connectivity index (χ0n) is 21.3. The smallest absolute Gasteiger partial charge is 0.229 e. The number of unbranched alkanes of at least 4 members (excludes halogenated alkanes) is 1. The second kappa shape index (κ2) is 12.1. The number of benzene rings is 2. The van der Waals surface area contributed by atoms with Crippen LogP contribution in [-0.4, -0.2) is 54.3 Å². The van der Waals surface area contributed by atoms with Crippen LogP contribution in [0.3, 0.4) is 0 Å². The predicted octanol–water partition coefficient (Wildman–Crippen LogP) is 4.65. The zero-order valence-corrected chi connectivity index (χ0v) is 21.3. The number of likely N-dealkylation sites (tertiary alicyclic amines) is 2. The van der Waals surface area contributed by atoms with E-state index in [4.69, 9.17) is 4.74 Å². The normalized spacial score (nSPS) is 22.3. The van der Waals surface area contributed by atoms with Gasteiger partial charge in [0.25, 0.3) is 0 Å². The molecule has 0 saturated carbocycles. The van der Waals surface area contributed by atoms with E-state index in [1.165, 1.54) is 0 Å². The van der Waals surface area contributed by atoms with Crippen molar-refractivity contribution in [1.29, 1.82) is 0 Å². The van der Waals surface area contributed by atoms with Crippen LogP contribution in [0.5, 0.6) is 5.75 Å². The summed E-state index contributed by atoms with van der Waals surface area (Å²) < 4.78 is 5.65. The highest BCUT2D eigenvalue weighted by Gasteiger charge is 2.44. The largest absolute Gasteiger partial charge is 0.496 e. The summed E-state index contributed by atoms with van der Waals surface area (Å²) in [5.74, 6) is 0.124. The molecule has 192 valence electrons. The molecule has 2 aliphatic rings. The van der Waals surface area contributed by atoms with Gasteiger partial charge in [-0.3, -0.25) is 14.4 Å². The van der Waals surface area contributed by atoms with E-state index in [-0.39, 0.29) is 35.6 Å². The number of carbonyl (C=O) groups excluding carboxylic acids is 3. The highest BCUT2D eigenvalue weighted by molar-refractivity contribution is 5.93. The Morgan fingerprint density at radius 2 is 1.81 bits per heavy atom. The summed E-state index contributed by atoms with van der Waals surface area (Å²) in [6, 6.07) is 16.7. The fourth-order valence-electron chi connectivity index (χ4n) is 5.49. The number of methoxy groups -OCH3 is 1. The van der Waals surface area contributed by atoms with Gasteiger partial charge < -0.3 is 19.9 Å². The first-order chi connectivity index (χ1) is 17.5. The molecule has 2 heterocycles. The van der Waals surface area contributed by atoms with Crippen LogP contribution in [0.25, 0.3) is 0 Å². The topological polar surface area (TPSA) is 79.0 Å². The third-order valence-electron chi connectivity index (χ3n) is 7.38. The van der Waals surface area contributed by atoms with E-state index in [1.54, 1.807) is 7.11 Å². The van der Waals surface area contributed by atoms with Crippen molar-refractivity contribution in [2.75, 3.05) is 32.1 Å². The van der Waals surface area contributed by atoms with E-state index < -0.39 is 0 Å². The Hall–Kier alpha value is -3.35. The lowest BCUT2D eigenvalue weighted by Crippen LogP contribution is -2.52. The van der Waals surface area contributed by atoms with E-state index in [0.29, 0.717) is 38.2 Å². The van der Waals surface area contributed by atoms with Crippen LogP contribution in [0.2, 0.25) is 0 Å². The van der Waals surface area contributed by atoms with Crippen LogP contribution in [0.1, 0.15) is 57.1 Å². The Morgan fingerprint density at radius 3 is 2.56 bits per heavy atom. The van der Waals surface area contributed by atoms with Gasteiger partial charge in [0.05, 0.1) is 25.0 Å². The Kier molecular flexibility index (Phi) is 8.62. The molecule has 7 heteroatoms. The number of hydrogen-bond donors (Lipinski definition) is 1. The summed E-state index contributed by atoms with van der Waals surface area (Å²) in [6.45, 7) is 3.75. The molecular formula is C29H37N3O4. The van der Waals surface area contributed by atoms with E-state index in [1.807, 2.05) is 64.4 Å². The first-order valence-corrected chi connectivity index (χ1v) is 13.1. The highest BCUT2D eigenvalue weighted by atomic mass is 16.5. The third kappa shape index (κ3) is 5.72. The van der Waals surface area contributed by atoms with Gasteiger partial charge in [-0.1, -0.05) is 49.7 Å². The van der Waals surface area contributed by atoms with Crippen molar-refractivity contribution in [3.63, 3.8) is 0 Å². The lowest BCUT2D eigenvalue weighted by molar-refractivity contribution is -0.149. The number of rotatable bonds is 8. The summed E-state index contributed by atoms with van der Waals surface area (Å²) in [6.07, 6.45) is 4.24. The van der Waals surface area contributed by atoms with E-state index in [0.717, 1.165) is 36.9 Å². The average Bonchev–Trinajstić information content (AvgIpc) is 2.92. The van der Waals surface area contributed by atoms with E-state index in [2.05, 4.69) is 12.2 Å². The van der Waals surface area contributed by atoms with Gasteiger partial charge in [0.1, 0.15) is 5.75 Å². The van der Waals surface area contributed by atoms with Crippen LogP contribution < -0.4 is 10.1 Å². The molecule has 2 aromatic rings. The number of ether oxygens (including phenoxy) is 1. The molecule has 0 bridgehead atoms. The number of piperidine rings is 2. The van der Waals surface area contributed by atoms with Crippen molar-refractivity contribution in [3.05, 3.63) is 60.2 Å². The maximum absolute atomic E-state index is 14.0. The first kappa shape index (κ1) is 25.7.